The van der Waals surface area contributed by atoms with E-state index in [0.29, 0.717) is 5.82 Å². The molecule has 0 fully saturated rings. The highest BCUT2D eigenvalue weighted by Crippen LogP contribution is 2.65. The second kappa shape index (κ2) is 12.7. The summed E-state index contributed by atoms with van der Waals surface area (Å²) in [6.45, 7) is 0. The van der Waals surface area contributed by atoms with Crippen LogP contribution >= 0.6 is 0 Å². The molecule has 0 radical (unpaired) electrons. The summed E-state index contributed by atoms with van der Waals surface area (Å²) in [4.78, 5) is 10.8. The Labute approximate surface area is 336 Å². The van der Waals surface area contributed by atoms with E-state index in [-0.39, 0.29) is 0 Å². The smallest absolute Gasteiger partial charge is 0.161 e. The van der Waals surface area contributed by atoms with Gasteiger partial charge in [0, 0.05) is 38.6 Å². The zero-order chi connectivity index (χ0) is 38.2. The molecule has 12 rings (SSSR count). The monoisotopic (exact) mass is 738 g/mol. The molecule has 0 saturated heterocycles. The molecule has 0 saturated carbocycles. The maximum atomic E-state index is 7.18. The summed E-state index contributed by atoms with van der Waals surface area (Å²) < 4.78 is 7.18. The fraction of sp³-hybridized carbons (Fsp3) is 0.0182. The predicted molar refractivity (Wildman–Crippen MR) is 236 cm³/mol. The Kier molecular flexibility index (Phi) is 7.14. The fourth-order valence-electron chi connectivity index (χ4n) is 9.57. The maximum Gasteiger partial charge on any atom is 0.161 e. The molecule has 1 spiro atoms. The van der Waals surface area contributed by atoms with E-state index in [1.54, 1.807) is 0 Å². The molecule has 2 aliphatic rings. The van der Waals surface area contributed by atoms with Gasteiger partial charge in [0.2, 0.25) is 0 Å². The summed E-state index contributed by atoms with van der Waals surface area (Å²) in [6.07, 6.45) is 0. The quantitative estimate of drug-likeness (QED) is 0.180. The summed E-state index contributed by atoms with van der Waals surface area (Å²) in [5.41, 5.74) is 13.6. The minimum atomic E-state index is -0.661. The zero-order valence-corrected chi connectivity index (χ0v) is 31.4. The van der Waals surface area contributed by atoms with Crippen LogP contribution in [0.15, 0.2) is 206 Å². The molecule has 1 aliphatic carbocycles. The van der Waals surface area contributed by atoms with E-state index in [1.165, 1.54) is 27.8 Å². The first-order valence-corrected chi connectivity index (χ1v) is 19.8. The second-order valence-corrected chi connectivity index (χ2v) is 15.2. The predicted octanol–water partition coefficient (Wildman–Crippen LogP) is 13.9. The summed E-state index contributed by atoms with van der Waals surface area (Å²) in [5, 5.41) is 4.50. The number of benzene rings is 9. The highest BCUT2D eigenvalue weighted by Gasteiger charge is 2.52. The van der Waals surface area contributed by atoms with Crippen molar-refractivity contribution < 1.29 is 4.74 Å². The average Bonchev–Trinajstić information content (AvgIpc) is 3.60. The van der Waals surface area contributed by atoms with Gasteiger partial charge in [0.15, 0.2) is 5.82 Å². The summed E-state index contributed by atoms with van der Waals surface area (Å²) >= 11 is 0. The van der Waals surface area contributed by atoms with Crippen LogP contribution in [0.2, 0.25) is 0 Å². The first-order valence-electron chi connectivity index (χ1n) is 19.8. The molecule has 1 aliphatic heterocycles. The van der Waals surface area contributed by atoms with E-state index in [4.69, 9.17) is 14.7 Å². The van der Waals surface area contributed by atoms with Crippen LogP contribution in [0.3, 0.4) is 0 Å². The number of hydrogen-bond donors (Lipinski definition) is 0. The van der Waals surface area contributed by atoms with Gasteiger partial charge in [-0.3, -0.25) is 0 Å². The van der Waals surface area contributed by atoms with Crippen molar-refractivity contribution in [3.8, 4) is 67.7 Å². The van der Waals surface area contributed by atoms with Crippen LogP contribution in [0.4, 0.5) is 0 Å². The Bertz CT molecular complexity index is 3160. The average molecular weight is 739 g/mol. The van der Waals surface area contributed by atoms with E-state index in [0.717, 1.165) is 77.8 Å². The zero-order valence-electron chi connectivity index (χ0n) is 31.4. The molecule has 0 atom stereocenters. The van der Waals surface area contributed by atoms with Crippen molar-refractivity contribution in [2.45, 2.75) is 5.41 Å². The van der Waals surface area contributed by atoms with Gasteiger partial charge >= 0.3 is 0 Å². The maximum absolute atomic E-state index is 7.18. The molecule has 3 heteroatoms. The van der Waals surface area contributed by atoms with Crippen molar-refractivity contribution in [2.75, 3.05) is 0 Å². The highest BCUT2D eigenvalue weighted by atomic mass is 16.5. The van der Waals surface area contributed by atoms with Gasteiger partial charge in [-0.1, -0.05) is 200 Å². The van der Waals surface area contributed by atoms with Gasteiger partial charge < -0.3 is 4.74 Å². The number of aromatic nitrogens is 2. The summed E-state index contributed by atoms with van der Waals surface area (Å²) in [6, 6.07) is 73.6. The Hall–Kier alpha value is -7.62. The van der Waals surface area contributed by atoms with E-state index >= 15 is 0 Å². The molecular weight excluding hydrogens is 705 g/mol. The number of ether oxygens (including phenoxy) is 1. The number of fused-ring (bicyclic) bond motifs is 13. The molecule has 3 nitrogen and oxygen atoms in total. The van der Waals surface area contributed by atoms with E-state index in [1.807, 2.05) is 6.07 Å². The largest absolute Gasteiger partial charge is 0.455 e. The lowest BCUT2D eigenvalue weighted by molar-refractivity contribution is 0.447. The van der Waals surface area contributed by atoms with Crippen LogP contribution in [0, 0.1) is 0 Å². The highest BCUT2D eigenvalue weighted by molar-refractivity contribution is 6.02. The molecular formula is C55H34N2O. The molecule has 270 valence electrons. The molecule has 2 heterocycles. The Balaban J connectivity index is 1.14. The molecule has 1 aromatic heterocycles. The minimum absolute atomic E-state index is 0.661. The number of hydrogen-bond acceptors (Lipinski definition) is 3. The lowest BCUT2D eigenvalue weighted by Crippen LogP contribution is -2.32. The first kappa shape index (κ1) is 32.6. The van der Waals surface area contributed by atoms with Gasteiger partial charge in [-0.2, -0.15) is 0 Å². The Morgan fingerprint density at radius 2 is 0.828 bits per heavy atom. The lowest BCUT2D eigenvalue weighted by Gasteiger charge is -2.40. The number of rotatable bonds is 4. The van der Waals surface area contributed by atoms with Crippen molar-refractivity contribution in [1.82, 2.24) is 9.97 Å². The number of nitrogens with zero attached hydrogens (tertiary/aromatic N) is 2. The van der Waals surface area contributed by atoms with Gasteiger partial charge in [-0.15, -0.1) is 0 Å². The molecule has 0 N–H and O–H groups in total. The molecule has 10 aromatic rings. The molecule has 9 aromatic carbocycles. The summed E-state index contributed by atoms with van der Waals surface area (Å²) in [5.74, 6) is 2.49. The third-order valence-electron chi connectivity index (χ3n) is 12.2. The van der Waals surface area contributed by atoms with Crippen molar-refractivity contribution in [3.05, 3.63) is 229 Å². The molecule has 0 amide bonds. The van der Waals surface area contributed by atoms with Gasteiger partial charge in [0.25, 0.3) is 0 Å². The molecule has 0 unspecified atom stereocenters. The van der Waals surface area contributed by atoms with Crippen LogP contribution in [-0.4, -0.2) is 9.97 Å². The van der Waals surface area contributed by atoms with Gasteiger partial charge in [0.1, 0.15) is 11.5 Å². The third-order valence-corrected chi connectivity index (χ3v) is 12.2. The van der Waals surface area contributed by atoms with Gasteiger partial charge in [-0.05, 0) is 50.2 Å². The third kappa shape index (κ3) is 4.74. The van der Waals surface area contributed by atoms with E-state index in [2.05, 4.69) is 200 Å². The van der Waals surface area contributed by atoms with Crippen molar-refractivity contribution >= 4 is 21.5 Å². The van der Waals surface area contributed by atoms with Crippen LogP contribution in [0.1, 0.15) is 22.3 Å². The van der Waals surface area contributed by atoms with Gasteiger partial charge in [0.05, 0.1) is 16.8 Å². The lowest BCUT2D eigenvalue weighted by atomic mass is 9.65. The normalized spacial score (nSPS) is 13.1. The SMILES string of the molecule is c1ccc(-c2ccc(-c3cc(-c4ccccc4)nc(-c4cccc5c4-c4ccccc4C54c5ccc6ccccc6c5Oc5c4ccc4ccccc54)n3)cc2)cc1. The second-order valence-electron chi connectivity index (χ2n) is 15.2. The van der Waals surface area contributed by atoms with Crippen LogP contribution in [-0.2, 0) is 5.41 Å². The van der Waals surface area contributed by atoms with Crippen LogP contribution < -0.4 is 4.74 Å². The molecule has 0 bridgehead atoms. The van der Waals surface area contributed by atoms with E-state index < -0.39 is 5.41 Å². The van der Waals surface area contributed by atoms with Crippen molar-refractivity contribution in [2.24, 2.45) is 0 Å². The Morgan fingerprint density at radius 1 is 0.345 bits per heavy atom. The standard InChI is InChI=1S/C55H34N2O/c1-3-14-35(15-4-1)36-26-28-40(29-27-36)50-34-49(39-18-5-2-6-19-39)56-54(57-50)44-23-13-25-46-51(44)43-22-11-12-24-45(43)55(46)47-32-30-37-16-7-9-20-41(37)52(47)58-53-42-21-10-8-17-38(42)31-33-48(53)55/h1-34H. The van der Waals surface area contributed by atoms with Crippen molar-refractivity contribution in [3.63, 3.8) is 0 Å². The summed E-state index contributed by atoms with van der Waals surface area (Å²) in [7, 11) is 0. The van der Waals surface area contributed by atoms with E-state index in [9.17, 15) is 0 Å². The minimum Gasteiger partial charge on any atom is -0.455 e. The van der Waals surface area contributed by atoms with Crippen LogP contribution in [0.5, 0.6) is 11.5 Å². The topological polar surface area (TPSA) is 35.0 Å². The first-order chi connectivity index (χ1) is 28.8. The Morgan fingerprint density at radius 3 is 1.48 bits per heavy atom. The molecule has 58 heavy (non-hydrogen) atoms. The van der Waals surface area contributed by atoms with Gasteiger partial charge in [-0.25, -0.2) is 9.97 Å². The fourth-order valence-corrected chi connectivity index (χ4v) is 9.57. The van der Waals surface area contributed by atoms with Crippen LogP contribution in [0.25, 0.3) is 77.7 Å². The van der Waals surface area contributed by atoms with Crippen molar-refractivity contribution in [1.29, 1.82) is 0 Å².